The van der Waals surface area contributed by atoms with E-state index in [2.05, 4.69) is 39.8 Å². The van der Waals surface area contributed by atoms with Crippen LogP contribution in [0.5, 0.6) is 0 Å². The van der Waals surface area contributed by atoms with Gasteiger partial charge in [0.25, 0.3) is 0 Å². The van der Waals surface area contributed by atoms with Crippen LogP contribution in [0, 0.1) is 34.5 Å². The second-order valence-electron chi connectivity index (χ2n) is 9.91. The number of hydrogen-bond donors (Lipinski definition) is 0. The van der Waals surface area contributed by atoms with E-state index in [9.17, 15) is 9.59 Å². The van der Waals surface area contributed by atoms with Crippen LogP contribution in [0.15, 0.2) is 35.5 Å². The summed E-state index contributed by atoms with van der Waals surface area (Å²) in [6, 6.07) is 0. The first-order valence-electron chi connectivity index (χ1n) is 10.5. The maximum atomic E-state index is 12.6. The molecule has 0 spiro atoms. The molecule has 4 aliphatic carbocycles. The molecule has 0 aromatic rings. The number of carbonyl (C=O) groups excluding carboxylic acids is 2. The molecule has 0 N–H and O–H groups in total. The topological polar surface area (TPSA) is 34.1 Å². The minimum atomic E-state index is -0.118. The van der Waals surface area contributed by atoms with E-state index in [4.69, 9.17) is 0 Å². The van der Waals surface area contributed by atoms with Gasteiger partial charge in [-0.15, -0.1) is 0 Å². The Kier molecular flexibility index (Phi) is 4.17. The molecule has 2 saturated carbocycles. The summed E-state index contributed by atoms with van der Waals surface area (Å²) in [5, 5.41) is 0. The summed E-state index contributed by atoms with van der Waals surface area (Å²) in [4.78, 5) is 24.8. The first-order chi connectivity index (χ1) is 12.3. The van der Waals surface area contributed by atoms with Gasteiger partial charge >= 0.3 is 0 Å². The summed E-state index contributed by atoms with van der Waals surface area (Å²) in [6.07, 6.45) is 14.4. The fraction of sp³-hybridized carbons (Fsp3) is 0.667. The highest BCUT2D eigenvalue weighted by Crippen LogP contribution is 2.63. The van der Waals surface area contributed by atoms with Gasteiger partial charge in [-0.05, 0) is 79.1 Å². The van der Waals surface area contributed by atoms with Crippen LogP contribution in [0.25, 0.3) is 0 Å². The van der Waals surface area contributed by atoms with Gasteiger partial charge in [0.2, 0.25) is 0 Å². The van der Waals surface area contributed by atoms with Gasteiger partial charge in [-0.1, -0.05) is 39.8 Å². The van der Waals surface area contributed by atoms with Gasteiger partial charge < -0.3 is 0 Å². The lowest BCUT2D eigenvalue weighted by Crippen LogP contribution is -2.49. The monoisotopic (exact) mass is 352 g/mol. The highest BCUT2D eigenvalue weighted by atomic mass is 16.1. The maximum absolute atomic E-state index is 12.6. The summed E-state index contributed by atoms with van der Waals surface area (Å²) < 4.78 is 0. The Morgan fingerprint density at radius 2 is 1.92 bits per heavy atom. The van der Waals surface area contributed by atoms with Gasteiger partial charge in [0.05, 0.1) is 0 Å². The highest BCUT2D eigenvalue weighted by molar-refractivity contribution is 6.02. The van der Waals surface area contributed by atoms with Gasteiger partial charge in [-0.2, -0.15) is 0 Å². The Balaban J connectivity index is 1.79. The summed E-state index contributed by atoms with van der Waals surface area (Å²) in [7, 11) is 0. The Bertz CT molecular complexity index is 737. The third kappa shape index (κ3) is 2.52. The SMILES string of the molecule is CC(C)CCC1=C[C@@H]2[C@H](CC[C@]3(C)C(=O)CC[C@@H]23)[C@@]2(C)C=CC(=O)C=C12. The molecule has 0 radical (unpaired) electrons. The summed E-state index contributed by atoms with van der Waals surface area (Å²) in [6.45, 7) is 9.08. The van der Waals surface area contributed by atoms with Crippen LogP contribution in [0.3, 0.4) is 0 Å². The molecule has 2 heteroatoms. The van der Waals surface area contributed by atoms with Crippen molar-refractivity contribution in [1.82, 2.24) is 0 Å². The molecular weight excluding hydrogens is 320 g/mol. The van der Waals surface area contributed by atoms with E-state index in [0.29, 0.717) is 29.5 Å². The predicted molar refractivity (Wildman–Crippen MR) is 105 cm³/mol. The third-order valence-electron chi connectivity index (χ3n) is 8.00. The average Bonchev–Trinajstić information content (AvgIpc) is 2.89. The molecule has 0 amide bonds. The first kappa shape index (κ1) is 17.9. The second-order valence-corrected chi connectivity index (χ2v) is 9.91. The van der Waals surface area contributed by atoms with E-state index < -0.39 is 0 Å². The van der Waals surface area contributed by atoms with Crippen molar-refractivity contribution in [3.63, 3.8) is 0 Å². The molecule has 4 rings (SSSR count). The fourth-order valence-electron chi connectivity index (χ4n) is 6.34. The number of allylic oxidation sites excluding steroid dienone is 6. The summed E-state index contributed by atoms with van der Waals surface area (Å²) >= 11 is 0. The number of rotatable bonds is 3. The lowest BCUT2D eigenvalue weighted by Gasteiger charge is -2.54. The van der Waals surface area contributed by atoms with Gasteiger partial charge in [0.1, 0.15) is 5.78 Å². The third-order valence-corrected chi connectivity index (χ3v) is 8.00. The molecule has 0 unspecified atom stereocenters. The molecular formula is C24H32O2. The zero-order valence-electron chi connectivity index (χ0n) is 16.7. The van der Waals surface area contributed by atoms with Gasteiger partial charge in [-0.25, -0.2) is 0 Å². The van der Waals surface area contributed by atoms with E-state index in [-0.39, 0.29) is 16.6 Å². The van der Waals surface area contributed by atoms with Crippen molar-refractivity contribution in [2.45, 2.75) is 66.2 Å². The number of Topliss-reactive ketones (excluding diaryl/α,β-unsaturated/α-hetero) is 1. The average molecular weight is 353 g/mol. The molecule has 26 heavy (non-hydrogen) atoms. The van der Waals surface area contributed by atoms with Crippen LogP contribution < -0.4 is 0 Å². The Morgan fingerprint density at radius 3 is 2.65 bits per heavy atom. The normalized spacial score (nSPS) is 41.5. The number of carbonyl (C=O) groups is 2. The molecule has 0 aromatic carbocycles. The minimum Gasteiger partial charge on any atom is -0.299 e. The quantitative estimate of drug-likeness (QED) is 0.677. The number of ketones is 2. The molecule has 140 valence electrons. The second kappa shape index (κ2) is 6.04. The lowest BCUT2D eigenvalue weighted by molar-refractivity contribution is -0.130. The van der Waals surface area contributed by atoms with Crippen molar-refractivity contribution in [2.24, 2.45) is 34.5 Å². The molecule has 0 saturated heterocycles. The van der Waals surface area contributed by atoms with Crippen molar-refractivity contribution in [1.29, 1.82) is 0 Å². The predicted octanol–water partition coefficient (Wildman–Crippen LogP) is 5.45. The zero-order valence-corrected chi connectivity index (χ0v) is 16.7. The fourth-order valence-corrected chi connectivity index (χ4v) is 6.34. The van der Waals surface area contributed by atoms with E-state index in [1.54, 1.807) is 6.08 Å². The van der Waals surface area contributed by atoms with Crippen molar-refractivity contribution in [2.75, 3.05) is 0 Å². The molecule has 4 aliphatic rings. The van der Waals surface area contributed by atoms with Crippen LogP contribution in [-0.4, -0.2) is 11.6 Å². The lowest BCUT2D eigenvalue weighted by atomic mass is 9.49. The molecule has 0 heterocycles. The Labute approximate surface area is 157 Å². The molecule has 0 bridgehead atoms. The highest BCUT2D eigenvalue weighted by Gasteiger charge is 2.58. The van der Waals surface area contributed by atoms with Gasteiger partial charge in [-0.3, -0.25) is 9.59 Å². The standard InChI is InChI=1S/C24H32O2/c1-15(2)5-6-16-13-18-19-7-8-22(26)24(19,4)12-10-20(18)23(3)11-9-17(25)14-21(16)23/h9,11,13-15,18-20H,5-8,10,12H2,1-4H3/t18-,19-,20-,23+,24-/m0/s1. The molecule has 0 aromatic heterocycles. The minimum absolute atomic E-state index is 0.0490. The molecule has 0 aliphatic heterocycles. The van der Waals surface area contributed by atoms with E-state index in [1.807, 2.05) is 6.08 Å². The number of hydrogen-bond acceptors (Lipinski definition) is 2. The maximum Gasteiger partial charge on any atom is 0.178 e. The number of fused-ring (bicyclic) bond motifs is 5. The van der Waals surface area contributed by atoms with Crippen molar-refractivity contribution in [3.05, 3.63) is 35.5 Å². The van der Waals surface area contributed by atoms with Crippen molar-refractivity contribution < 1.29 is 9.59 Å². The van der Waals surface area contributed by atoms with Crippen LogP contribution in [0.2, 0.25) is 0 Å². The zero-order chi connectivity index (χ0) is 18.7. The van der Waals surface area contributed by atoms with E-state index in [0.717, 1.165) is 38.5 Å². The molecule has 5 atom stereocenters. The molecule has 2 nitrogen and oxygen atoms in total. The van der Waals surface area contributed by atoms with E-state index >= 15 is 0 Å². The summed E-state index contributed by atoms with van der Waals surface area (Å²) in [5.41, 5.74) is 2.47. The van der Waals surface area contributed by atoms with Gasteiger partial charge in [0.15, 0.2) is 5.78 Å². The smallest absolute Gasteiger partial charge is 0.178 e. The van der Waals surface area contributed by atoms with Crippen molar-refractivity contribution in [3.8, 4) is 0 Å². The van der Waals surface area contributed by atoms with Crippen LogP contribution >= 0.6 is 0 Å². The van der Waals surface area contributed by atoms with Crippen molar-refractivity contribution >= 4 is 11.6 Å². The van der Waals surface area contributed by atoms with Gasteiger partial charge in [0, 0.05) is 17.3 Å². The Morgan fingerprint density at radius 1 is 1.15 bits per heavy atom. The largest absolute Gasteiger partial charge is 0.299 e. The summed E-state index contributed by atoms with van der Waals surface area (Å²) in [5.74, 6) is 2.74. The van der Waals surface area contributed by atoms with Crippen LogP contribution in [0.1, 0.15) is 66.2 Å². The Hall–Kier alpha value is -1.44. The van der Waals surface area contributed by atoms with Crippen LogP contribution in [0.4, 0.5) is 0 Å². The van der Waals surface area contributed by atoms with Crippen LogP contribution in [-0.2, 0) is 9.59 Å². The first-order valence-corrected chi connectivity index (χ1v) is 10.5. The molecule has 2 fully saturated rings. The van der Waals surface area contributed by atoms with E-state index in [1.165, 1.54) is 11.1 Å².